The lowest BCUT2D eigenvalue weighted by atomic mass is 10.2. The summed E-state index contributed by atoms with van der Waals surface area (Å²) in [6.45, 7) is 9.66. The van der Waals surface area contributed by atoms with E-state index in [1.165, 1.54) is 6.42 Å². The maximum Gasteiger partial charge on any atom is 0.218 e. The van der Waals surface area contributed by atoms with Gasteiger partial charge in [-0.05, 0) is 26.1 Å². The molecule has 1 rings (SSSR count). The molecule has 2 N–H and O–H groups in total. The molecule has 0 saturated carbocycles. The average Bonchev–Trinajstić information content (AvgIpc) is 2.65. The quantitative estimate of drug-likeness (QED) is 0.689. The van der Waals surface area contributed by atoms with Gasteiger partial charge in [0.2, 0.25) is 5.91 Å². The van der Waals surface area contributed by atoms with Gasteiger partial charge in [-0.3, -0.25) is 9.69 Å². The second kappa shape index (κ2) is 6.08. The summed E-state index contributed by atoms with van der Waals surface area (Å²) in [5.74, 6) is -0.193. The Morgan fingerprint density at radius 2 is 2.13 bits per heavy atom. The average molecular weight is 213 g/mol. The predicted molar refractivity (Wildman–Crippen MR) is 61.6 cm³/mol. The van der Waals surface area contributed by atoms with E-state index in [1.807, 2.05) is 0 Å². The minimum absolute atomic E-state index is 0.193. The van der Waals surface area contributed by atoms with Gasteiger partial charge in [-0.15, -0.1) is 0 Å². The highest BCUT2D eigenvalue weighted by molar-refractivity contribution is 5.73. The molecule has 15 heavy (non-hydrogen) atoms. The van der Waals surface area contributed by atoms with E-state index in [4.69, 9.17) is 5.73 Å². The first-order valence-electron chi connectivity index (χ1n) is 5.92. The summed E-state index contributed by atoms with van der Waals surface area (Å²) in [6.07, 6.45) is 1.71. The van der Waals surface area contributed by atoms with Crippen LogP contribution in [-0.4, -0.2) is 54.5 Å². The second-order valence-corrected chi connectivity index (χ2v) is 4.18. The third-order valence-electron chi connectivity index (χ3n) is 3.25. The molecule has 88 valence electrons. The Morgan fingerprint density at radius 3 is 2.67 bits per heavy atom. The molecule has 4 nitrogen and oxygen atoms in total. The molecular formula is C11H23N3O. The van der Waals surface area contributed by atoms with Crippen LogP contribution in [0.15, 0.2) is 0 Å². The summed E-state index contributed by atoms with van der Waals surface area (Å²) in [4.78, 5) is 15.5. The fourth-order valence-corrected chi connectivity index (χ4v) is 2.32. The van der Waals surface area contributed by atoms with Crippen molar-refractivity contribution in [2.75, 3.05) is 32.7 Å². The molecule has 4 heteroatoms. The number of amides is 1. The summed E-state index contributed by atoms with van der Waals surface area (Å²) < 4.78 is 0. The molecule has 0 aliphatic carbocycles. The first-order chi connectivity index (χ1) is 7.17. The van der Waals surface area contributed by atoms with Crippen LogP contribution in [0.25, 0.3) is 0 Å². The number of hydrogen-bond donors (Lipinski definition) is 1. The highest BCUT2D eigenvalue weighted by Gasteiger charge is 2.25. The maximum absolute atomic E-state index is 10.7. The van der Waals surface area contributed by atoms with Gasteiger partial charge in [-0.25, -0.2) is 0 Å². The minimum Gasteiger partial charge on any atom is -0.370 e. The number of primary amides is 1. The number of nitrogens with two attached hydrogens (primary N) is 1. The predicted octanol–water partition coefficient (Wildman–Crippen LogP) is 0.278. The van der Waals surface area contributed by atoms with E-state index in [2.05, 4.69) is 23.6 Å². The minimum atomic E-state index is -0.193. The molecule has 0 spiro atoms. The van der Waals surface area contributed by atoms with Gasteiger partial charge in [0, 0.05) is 25.6 Å². The van der Waals surface area contributed by atoms with E-state index in [1.54, 1.807) is 0 Å². The Balaban J connectivity index is 2.28. The second-order valence-electron chi connectivity index (χ2n) is 4.18. The highest BCUT2D eigenvalue weighted by atomic mass is 16.1. The zero-order valence-corrected chi connectivity index (χ0v) is 9.91. The lowest BCUT2D eigenvalue weighted by molar-refractivity contribution is -0.118. The van der Waals surface area contributed by atoms with E-state index < -0.39 is 0 Å². The van der Waals surface area contributed by atoms with Crippen molar-refractivity contribution < 1.29 is 4.79 Å². The van der Waals surface area contributed by atoms with Crippen molar-refractivity contribution in [3.8, 4) is 0 Å². The Labute approximate surface area is 92.4 Å². The van der Waals surface area contributed by atoms with Gasteiger partial charge in [-0.1, -0.05) is 13.8 Å². The first-order valence-corrected chi connectivity index (χ1v) is 5.92. The molecule has 1 unspecified atom stereocenters. The molecule has 1 aliphatic heterocycles. The van der Waals surface area contributed by atoms with Crippen molar-refractivity contribution in [1.82, 2.24) is 9.80 Å². The topological polar surface area (TPSA) is 49.6 Å². The molecule has 1 heterocycles. The van der Waals surface area contributed by atoms with E-state index in [0.717, 1.165) is 32.7 Å². The number of likely N-dealkylation sites (N-methyl/N-ethyl adjacent to an activating group) is 1. The number of carbonyl (C=O) groups is 1. The fraction of sp³-hybridized carbons (Fsp3) is 0.909. The molecule has 0 aromatic carbocycles. The van der Waals surface area contributed by atoms with Crippen molar-refractivity contribution in [1.29, 1.82) is 0 Å². The van der Waals surface area contributed by atoms with Gasteiger partial charge < -0.3 is 10.6 Å². The van der Waals surface area contributed by atoms with Gasteiger partial charge in [0.05, 0.1) is 0 Å². The van der Waals surface area contributed by atoms with Crippen LogP contribution >= 0.6 is 0 Å². The third-order valence-corrected chi connectivity index (χ3v) is 3.25. The van der Waals surface area contributed by atoms with Crippen LogP contribution < -0.4 is 5.73 Å². The van der Waals surface area contributed by atoms with E-state index in [-0.39, 0.29) is 5.91 Å². The summed E-state index contributed by atoms with van der Waals surface area (Å²) >= 11 is 0. The lowest BCUT2D eigenvalue weighted by Crippen LogP contribution is -2.37. The standard InChI is InChI=1S/C11H23N3O/c1-3-14(4-2)10-5-7-13(9-10)8-6-11(12)15/h10H,3-9H2,1-2H3,(H2,12,15). The summed E-state index contributed by atoms with van der Waals surface area (Å²) in [5.41, 5.74) is 5.14. The van der Waals surface area contributed by atoms with Crippen LogP contribution in [0.4, 0.5) is 0 Å². The summed E-state index contributed by atoms with van der Waals surface area (Å²) in [7, 11) is 0. The number of nitrogens with zero attached hydrogens (tertiary/aromatic N) is 2. The zero-order chi connectivity index (χ0) is 11.3. The van der Waals surface area contributed by atoms with Crippen LogP contribution in [0.5, 0.6) is 0 Å². The van der Waals surface area contributed by atoms with Gasteiger partial charge in [0.25, 0.3) is 0 Å². The van der Waals surface area contributed by atoms with E-state index in [9.17, 15) is 4.79 Å². The SMILES string of the molecule is CCN(CC)C1CCN(CCC(N)=O)C1. The molecule has 0 radical (unpaired) electrons. The summed E-state index contributed by atoms with van der Waals surface area (Å²) in [5, 5.41) is 0. The van der Waals surface area contributed by atoms with Gasteiger partial charge in [0.15, 0.2) is 0 Å². The third kappa shape index (κ3) is 3.80. The Hall–Kier alpha value is -0.610. The van der Waals surface area contributed by atoms with Crippen LogP contribution in [0.3, 0.4) is 0 Å². The Kier molecular flexibility index (Phi) is 5.05. The van der Waals surface area contributed by atoms with Crippen molar-refractivity contribution >= 4 is 5.91 Å². The largest absolute Gasteiger partial charge is 0.370 e. The lowest BCUT2D eigenvalue weighted by Gasteiger charge is -2.26. The molecule has 1 aliphatic rings. The van der Waals surface area contributed by atoms with E-state index >= 15 is 0 Å². The first kappa shape index (κ1) is 12.5. The molecule has 1 saturated heterocycles. The fourth-order valence-electron chi connectivity index (χ4n) is 2.32. The van der Waals surface area contributed by atoms with Crippen LogP contribution in [-0.2, 0) is 4.79 Å². The molecular weight excluding hydrogens is 190 g/mol. The number of likely N-dealkylation sites (tertiary alicyclic amines) is 1. The Bertz CT molecular complexity index is 204. The number of hydrogen-bond acceptors (Lipinski definition) is 3. The normalized spacial score (nSPS) is 22.5. The van der Waals surface area contributed by atoms with Gasteiger partial charge in [0.1, 0.15) is 0 Å². The highest BCUT2D eigenvalue weighted by Crippen LogP contribution is 2.15. The number of carbonyl (C=O) groups excluding carboxylic acids is 1. The van der Waals surface area contributed by atoms with Crippen LogP contribution in [0, 0.1) is 0 Å². The van der Waals surface area contributed by atoms with Gasteiger partial charge >= 0.3 is 0 Å². The molecule has 1 atom stereocenters. The molecule has 0 aromatic rings. The van der Waals surface area contributed by atoms with Crippen LogP contribution in [0.1, 0.15) is 26.7 Å². The van der Waals surface area contributed by atoms with Crippen molar-refractivity contribution in [2.45, 2.75) is 32.7 Å². The maximum atomic E-state index is 10.7. The monoisotopic (exact) mass is 213 g/mol. The molecule has 1 amide bonds. The zero-order valence-electron chi connectivity index (χ0n) is 9.91. The van der Waals surface area contributed by atoms with E-state index in [0.29, 0.717) is 12.5 Å². The smallest absolute Gasteiger partial charge is 0.218 e. The van der Waals surface area contributed by atoms with Crippen molar-refractivity contribution in [2.24, 2.45) is 5.73 Å². The molecule has 1 fully saturated rings. The molecule has 0 bridgehead atoms. The summed E-state index contributed by atoms with van der Waals surface area (Å²) in [6, 6.07) is 0.674. The molecule has 0 aromatic heterocycles. The van der Waals surface area contributed by atoms with Gasteiger partial charge in [-0.2, -0.15) is 0 Å². The Morgan fingerprint density at radius 1 is 1.47 bits per heavy atom. The van der Waals surface area contributed by atoms with Crippen molar-refractivity contribution in [3.05, 3.63) is 0 Å². The number of rotatable bonds is 6. The van der Waals surface area contributed by atoms with Crippen molar-refractivity contribution in [3.63, 3.8) is 0 Å². The van der Waals surface area contributed by atoms with Crippen LogP contribution in [0.2, 0.25) is 0 Å².